The predicted molar refractivity (Wildman–Crippen MR) is 97.8 cm³/mol. The summed E-state index contributed by atoms with van der Waals surface area (Å²) >= 11 is 6.00. The number of nitrogens with zero attached hydrogens (tertiary/aromatic N) is 2. The van der Waals surface area contributed by atoms with Gasteiger partial charge in [-0.3, -0.25) is 14.4 Å². The molecule has 1 aromatic carbocycles. The second-order valence-electron chi connectivity index (χ2n) is 6.74. The molecule has 2 aliphatic heterocycles. The van der Waals surface area contributed by atoms with E-state index < -0.39 is 0 Å². The van der Waals surface area contributed by atoms with Gasteiger partial charge in [-0.05, 0) is 38.0 Å². The molecule has 2 saturated heterocycles. The van der Waals surface area contributed by atoms with Gasteiger partial charge in [-0.1, -0.05) is 17.7 Å². The summed E-state index contributed by atoms with van der Waals surface area (Å²) in [6.45, 7) is 3.60. The highest BCUT2D eigenvalue weighted by atomic mass is 35.5. The standard InChI is InChI=1S/C19H23ClN2O4/c1-2-26-19(25)13-6-8-21(9-7-13)18(24)14-10-17(23)22(12-14)16-5-3-4-15(20)11-16/h3-5,11,13-14H,2,6-10,12H2,1H3. The van der Waals surface area contributed by atoms with Gasteiger partial charge in [0, 0.05) is 36.8 Å². The minimum absolute atomic E-state index is 0.00909. The molecule has 1 atom stereocenters. The third kappa shape index (κ3) is 4.01. The normalized spacial score (nSPS) is 21.2. The number of ether oxygens (including phenoxy) is 1. The molecule has 2 heterocycles. The molecule has 0 spiro atoms. The highest BCUT2D eigenvalue weighted by Gasteiger charge is 2.38. The van der Waals surface area contributed by atoms with Gasteiger partial charge in [-0.2, -0.15) is 0 Å². The Morgan fingerprint density at radius 2 is 1.96 bits per heavy atom. The number of rotatable bonds is 4. The van der Waals surface area contributed by atoms with Crippen LogP contribution < -0.4 is 4.90 Å². The molecule has 1 aromatic rings. The first-order chi connectivity index (χ1) is 12.5. The van der Waals surface area contributed by atoms with Crippen LogP contribution in [0.25, 0.3) is 0 Å². The Labute approximate surface area is 158 Å². The van der Waals surface area contributed by atoms with E-state index in [-0.39, 0.29) is 36.0 Å². The number of carbonyl (C=O) groups excluding carboxylic acids is 3. The Balaban J connectivity index is 1.58. The number of halogens is 1. The first-order valence-corrected chi connectivity index (χ1v) is 9.38. The van der Waals surface area contributed by atoms with Crippen molar-refractivity contribution in [2.24, 2.45) is 11.8 Å². The summed E-state index contributed by atoms with van der Waals surface area (Å²) in [5, 5.41) is 0.561. The summed E-state index contributed by atoms with van der Waals surface area (Å²) in [5.41, 5.74) is 0.721. The van der Waals surface area contributed by atoms with Crippen LogP contribution in [0.15, 0.2) is 24.3 Å². The SMILES string of the molecule is CCOC(=O)C1CCN(C(=O)C2CC(=O)N(c3cccc(Cl)c3)C2)CC1. The molecule has 0 N–H and O–H groups in total. The van der Waals surface area contributed by atoms with Gasteiger partial charge in [-0.15, -0.1) is 0 Å². The van der Waals surface area contributed by atoms with Crippen LogP contribution in [0.5, 0.6) is 0 Å². The van der Waals surface area contributed by atoms with Crippen LogP contribution in [-0.4, -0.2) is 48.9 Å². The number of amides is 2. The average molecular weight is 379 g/mol. The molecule has 1 unspecified atom stereocenters. The lowest BCUT2D eigenvalue weighted by Crippen LogP contribution is -2.44. The molecule has 7 heteroatoms. The van der Waals surface area contributed by atoms with Crippen LogP contribution in [0, 0.1) is 11.8 Å². The van der Waals surface area contributed by atoms with Gasteiger partial charge < -0.3 is 14.5 Å². The molecule has 6 nitrogen and oxygen atoms in total. The molecule has 0 saturated carbocycles. The number of benzene rings is 1. The summed E-state index contributed by atoms with van der Waals surface area (Å²) in [6, 6.07) is 7.10. The molecule has 2 aliphatic rings. The van der Waals surface area contributed by atoms with Gasteiger partial charge in [0.2, 0.25) is 11.8 Å². The zero-order valence-corrected chi connectivity index (χ0v) is 15.6. The minimum Gasteiger partial charge on any atom is -0.466 e. The fourth-order valence-corrected chi connectivity index (χ4v) is 3.80. The van der Waals surface area contributed by atoms with Crippen LogP contribution in [0.3, 0.4) is 0 Å². The Bertz CT molecular complexity index is 701. The molecule has 0 radical (unpaired) electrons. The molecule has 2 fully saturated rings. The van der Waals surface area contributed by atoms with Crippen LogP contribution in [0.1, 0.15) is 26.2 Å². The van der Waals surface area contributed by atoms with Gasteiger partial charge in [0.05, 0.1) is 18.4 Å². The second-order valence-corrected chi connectivity index (χ2v) is 7.17. The number of carbonyl (C=O) groups is 3. The van der Waals surface area contributed by atoms with E-state index in [9.17, 15) is 14.4 Å². The van der Waals surface area contributed by atoms with Crippen LogP contribution in [0.2, 0.25) is 5.02 Å². The Morgan fingerprint density at radius 3 is 2.62 bits per heavy atom. The highest BCUT2D eigenvalue weighted by Crippen LogP contribution is 2.29. The summed E-state index contributed by atoms with van der Waals surface area (Å²) < 4.78 is 5.06. The molecule has 0 bridgehead atoms. The summed E-state index contributed by atoms with van der Waals surface area (Å²) in [7, 11) is 0. The van der Waals surface area contributed by atoms with Crippen LogP contribution in [-0.2, 0) is 19.1 Å². The molecule has 3 rings (SSSR count). The van der Waals surface area contributed by atoms with E-state index >= 15 is 0 Å². The van der Waals surface area contributed by atoms with Crippen molar-refractivity contribution in [2.45, 2.75) is 26.2 Å². The topological polar surface area (TPSA) is 66.9 Å². The average Bonchev–Trinajstić information content (AvgIpc) is 3.03. The van der Waals surface area contributed by atoms with Gasteiger partial charge in [0.1, 0.15) is 0 Å². The Hall–Kier alpha value is -2.08. The largest absolute Gasteiger partial charge is 0.466 e. The van der Waals surface area contributed by atoms with E-state index in [0.717, 1.165) is 5.69 Å². The van der Waals surface area contributed by atoms with E-state index in [1.54, 1.807) is 34.9 Å². The predicted octanol–water partition coefficient (Wildman–Crippen LogP) is 2.49. The highest BCUT2D eigenvalue weighted by molar-refractivity contribution is 6.31. The molecule has 140 valence electrons. The first kappa shape index (κ1) is 18.7. The number of hydrogen-bond donors (Lipinski definition) is 0. The summed E-state index contributed by atoms with van der Waals surface area (Å²) in [6.07, 6.45) is 1.44. The summed E-state index contributed by atoms with van der Waals surface area (Å²) in [5.74, 6) is -0.729. The fraction of sp³-hybridized carbons (Fsp3) is 0.526. The van der Waals surface area contributed by atoms with Crippen LogP contribution >= 0.6 is 11.6 Å². The third-order valence-electron chi connectivity index (χ3n) is 5.02. The van der Waals surface area contributed by atoms with Gasteiger partial charge in [-0.25, -0.2) is 0 Å². The number of hydrogen-bond acceptors (Lipinski definition) is 4. The van der Waals surface area contributed by atoms with Crippen molar-refractivity contribution in [2.75, 3.05) is 31.1 Å². The lowest BCUT2D eigenvalue weighted by atomic mass is 9.95. The third-order valence-corrected chi connectivity index (χ3v) is 5.26. The Kier molecular flexibility index (Phi) is 5.81. The molecular weight excluding hydrogens is 356 g/mol. The number of anilines is 1. The number of esters is 1. The van der Waals surface area contributed by atoms with E-state index in [0.29, 0.717) is 44.1 Å². The molecule has 0 aliphatic carbocycles. The lowest BCUT2D eigenvalue weighted by molar-refractivity contribution is -0.151. The van der Waals surface area contributed by atoms with E-state index in [1.165, 1.54) is 0 Å². The molecule has 2 amide bonds. The summed E-state index contributed by atoms with van der Waals surface area (Å²) in [4.78, 5) is 40.4. The lowest BCUT2D eigenvalue weighted by Gasteiger charge is -2.32. The fourth-order valence-electron chi connectivity index (χ4n) is 3.62. The maximum absolute atomic E-state index is 12.8. The van der Waals surface area contributed by atoms with Crippen LogP contribution in [0.4, 0.5) is 5.69 Å². The van der Waals surface area contributed by atoms with Crippen molar-refractivity contribution in [3.8, 4) is 0 Å². The van der Waals surface area contributed by atoms with E-state index in [4.69, 9.17) is 16.3 Å². The van der Waals surface area contributed by atoms with Crippen molar-refractivity contribution in [3.63, 3.8) is 0 Å². The zero-order valence-electron chi connectivity index (χ0n) is 14.8. The van der Waals surface area contributed by atoms with Gasteiger partial charge >= 0.3 is 5.97 Å². The second kappa shape index (κ2) is 8.08. The van der Waals surface area contributed by atoms with Gasteiger partial charge in [0.25, 0.3) is 0 Å². The van der Waals surface area contributed by atoms with Crippen molar-refractivity contribution in [3.05, 3.63) is 29.3 Å². The molecule has 0 aromatic heterocycles. The van der Waals surface area contributed by atoms with Gasteiger partial charge in [0.15, 0.2) is 0 Å². The molecule has 26 heavy (non-hydrogen) atoms. The van der Waals surface area contributed by atoms with Crippen molar-refractivity contribution >= 4 is 35.1 Å². The van der Waals surface area contributed by atoms with E-state index in [2.05, 4.69) is 0 Å². The number of likely N-dealkylation sites (tertiary alicyclic amines) is 1. The monoisotopic (exact) mass is 378 g/mol. The maximum Gasteiger partial charge on any atom is 0.309 e. The van der Waals surface area contributed by atoms with E-state index in [1.807, 2.05) is 6.07 Å². The smallest absolute Gasteiger partial charge is 0.309 e. The minimum atomic E-state index is -0.347. The van der Waals surface area contributed by atoms with Crippen molar-refractivity contribution in [1.82, 2.24) is 4.90 Å². The quantitative estimate of drug-likeness (QED) is 0.755. The number of piperidine rings is 1. The van der Waals surface area contributed by atoms with Crippen molar-refractivity contribution < 1.29 is 19.1 Å². The Morgan fingerprint density at radius 1 is 1.23 bits per heavy atom. The maximum atomic E-state index is 12.8. The first-order valence-electron chi connectivity index (χ1n) is 9.01. The zero-order chi connectivity index (χ0) is 18.7. The molecular formula is C19H23ClN2O4. The van der Waals surface area contributed by atoms with Crippen molar-refractivity contribution in [1.29, 1.82) is 0 Å².